The Hall–Kier alpha value is -1.03. The summed E-state index contributed by atoms with van der Waals surface area (Å²) in [5.41, 5.74) is 5.48. The Kier molecular flexibility index (Phi) is 2.31. The van der Waals surface area contributed by atoms with Crippen LogP contribution in [0.1, 0.15) is 32.3 Å². The standard InChI is InChI=1S/C12H14F3N/c1-11(2,12(16)3-4-12)7-5-8(13)10(15)9(14)6-7/h5-6H,3-4,16H2,1-2H3. The zero-order chi connectivity index (χ0) is 12.1. The normalized spacial score (nSPS) is 18.6. The largest absolute Gasteiger partial charge is 0.324 e. The van der Waals surface area contributed by atoms with E-state index in [2.05, 4.69) is 0 Å². The van der Waals surface area contributed by atoms with Crippen molar-refractivity contribution in [1.29, 1.82) is 0 Å². The second-order valence-corrected chi connectivity index (χ2v) is 5.04. The predicted octanol–water partition coefficient (Wildman–Crippen LogP) is 2.87. The van der Waals surface area contributed by atoms with Gasteiger partial charge in [0.15, 0.2) is 17.5 Å². The smallest absolute Gasteiger partial charge is 0.194 e. The van der Waals surface area contributed by atoms with Gasteiger partial charge in [-0.15, -0.1) is 0 Å². The molecule has 0 spiro atoms. The number of rotatable bonds is 2. The lowest BCUT2D eigenvalue weighted by molar-refractivity contribution is 0.379. The molecule has 88 valence electrons. The van der Waals surface area contributed by atoms with Gasteiger partial charge in [-0.05, 0) is 30.5 Å². The van der Waals surface area contributed by atoms with Crippen molar-refractivity contribution in [3.05, 3.63) is 35.1 Å². The minimum atomic E-state index is -1.43. The molecule has 0 amide bonds. The van der Waals surface area contributed by atoms with Gasteiger partial charge in [-0.2, -0.15) is 0 Å². The molecule has 0 bridgehead atoms. The van der Waals surface area contributed by atoms with Crippen LogP contribution in [-0.2, 0) is 5.41 Å². The molecule has 0 aliphatic heterocycles. The number of hydrogen-bond donors (Lipinski definition) is 1. The van der Waals surface area contributed by atoms with Gasteiger partial charge >= 0.3 is 0 Å². The van der Waals surface area contributed by atoms with E-state index in [0.29, 0.717) is 5.56 Å². The van der Waals surface area contributed by atoms with Crippen molar-refractivity contribution in [2.45, 2.75) is 37.6 Å². The Morgan fingerprint density at radius 1 is 1.12 bits per heavy atom. The molecule has 4 heteroatoms. The van der Waals surface area contributed by atoms with E-state index in [9.17, 15) is 13.2 Å². The molecule has 0 heterocycles. The molecular formula is C12H14F3N. The van der Waals surface area contributed by atoms with E-state index in [1.807, 2.05) is 13.8 Å². The van der Waals surface area contributed by atoms with Crippen molar-refractivity contribution in [3.63, 3.8) is 0 Å². The summed E-state index contributed by atoms with van der Waals surface area (Å²) in [6.07, 6.45) is 1.64. The van der Waals surface area contributed by atoms with Gasteiger partial charge in [0.25, 0.3) is 0 Å². The van der Waals surface area contributed by atoms with Crippen molar-refractivity contribution >= 4 is 0 Å². The Morgan fingerprint density at radius 3 is 1.94 bits per heavy atom. The van der Waals surface area contributed by atoms with E-state index in [4.69, 9.17) is 5.73 Å². The Bertz CT molecular complexity index is 413. The summed E-state index contributed by atoms with van der Waals surface area (Å²) in [4.78, 5) is 0. The second-order valence-electron chi connectivity index (χ2n) is 5.04. The highest BCUT2D eigenvalue weighted by atomic mass is 19.2. The quantitative estimate of drug-likeness (QED) is 0.775. The minimum absolute atomic E-state index is 0.406. The van der Waals surface area contributed by atoms with Gasteiger partial charge in [0.05, 0.1) is 0 Å². The van der Waals surface area contributed by atoms with Gasteiger partial charge in [-0.1, -0.05) is 13.8 Å². The van der Waals surface area contributed by atoms with E-state index < -0.39 is 28.4 Å². The zero-order valence-electron chi connectivity index (χ0n) is 9.28. The van der Waals surface area contributed by atoms with Crippen molar-refractivity contribution < 1.29 is 13.2 Å². The molecule has 1 nitrogen and oxygen atoms in total. The fourth-order valence-electron chi connectivity index (χ4n) is 1.96. The van der Waals surface area contributed by atoms with Crippen LogP contribution >= 0.6 is 0 Å². The van der Waals surface area contributed by atoms with Crippen molar-refractivity contribution in [2.24, 2.45) is 5.73 Å². The topological polar surface area (TPSA) is 26.0 Å². The van der Waals surface area contributed by atoms with Crippen LogP contribution in [0.4, 0.5) is 13.2 Å². The lowest BCUT2D eigenvalue weighted by Gasteiger charge is -2.32. The summed E-state index contributed by atoms with van der Waals surface area (Å²) in [5, 5.41) is 0. The van der Waals surface area contributed by atoms with Gasteiger partial charge in [0, 0.05) is 11.0 Å². The molecular weight excluding hydrogens is 215 g/mol. The maximum Gasteiger partial charge on any atom is 0.194 e. The second kappa shape index (κ2) is 3.23. The Balaban J connectivity index is 2.49. The summed E-state index contributed by atoms with van der Waals surface area (Å²) < 4.78 is 39.1. The maximum atomic E-state index is 13.1. The zero-order valence-corrected chi connectivity index (χ0v) is 9.28. The summed E-state index contributed by atoms with van der Waals surface area (Å²) in [6.45, 7) is 3.65. The summed E-state index contributed by atoms with van der Waals surface area (Å²) in [6, 6.07) is 2.07. The van der Waals surface area contributed by atoms with Gasteiger partial charge < -0.3 is 5.73 Å². The van der Waals surface area contributed by atoms with Crippen LogP contribution in [0.5, 0.6) is 0 Å². The van der Waals surface area contributed by atoms with Gasteiger partial charge in [-0.3, -0.25) is 0 Å². The van der Waals surface area contributed by atoms with Crippen LogP contribution in [0.15, 0.2) is 12.1 Å². The maximum absolute atomic E-state index is 13.1. The summed E-state index contributed by atoms with van der Waals surface area (Å²) in [7, 11) is 0. The van der Waals surface area contributed by atoms with Crippen molar-refractivity contribution in [3.8, 4) is 0 Å². The third-order valence-corrected chi connectivity index (χ3v) is 3.74. The fraction of sp³-hybridized carbons (Fsp3) is 0.500. The number of halogens is 3. The van der Waals surface area contributed by atoms with Gasteiger partial charge in [0.1, 0.15) is 0 Å². The fourth-order valence-corrected chi connectivity index (χ4v) is 1.96. The average molecular weight is 229 g/mol. The van der Waals surface area contributed by atoms with Crippen LogP contribution in [0, 0.1) is 17.5 Å². The van der Waals surface area contributed by atoms with Crippen LogP contribution in [0.25, 0.3) is 0 Å². The van der Waals surface area contributed by atoms with Gasteiger partial charge in [0.2, 0.25) is 0 Å². The predicted molar refractivity (Wildman–Crippen MR) is 55.5 cm³/mol. The number of nitrogens with two attached hydrogens (primary N) is 1. The first-order valence-electron chi connectivity index (χ1n) is 5.22. The van der Waals surface area contributed by atoms with Gasteiger partial charge in [-0.25, -0.2) is 13.2 Å². The summed E-state index contributed by atoms with van der Waals surface area (Å²) in [5.74, 6) is -3.75. The monoisotopic (exact) mass is 229 g/mol. The number of benzene rings is 1. The molecule has 1 saturated carbocycles. The minimum Gasteiger partial charge on any atom is -0.324 e. The molecule has 1 fully saturated rings. The number of hydrogen-bond acceptors (Lipinski definition) is 1. The van der Waals surface area contributed by atoms with Crippen molar-refractivity contribution in [2.75, 3.05) is 0 Å². The third kappa shape index (κ3) is 1.52. The van der Waals surface area contributed by atoms with E-state index >= 15 is 0 Å². The average Bonchev–Trinajstić information content (AvgIpc) is 2.93. The van der Waals surface area contributed by atoms with Crippen LogP contribution in [0.3, 0.4) is 0 Å². The molecule has 1 aliphatic carbocycles. The molecule has 1 aliphatic rings. The Labute approximate surface area is 92.5 Å². The molecule has 2 N–H and O–H groups in total. The van der Waals surface area contributed by atoms with Crippen LogP contribution in [-0.4, -0.2) is 5.54 Å². The van der Waals surface area contributed by atoms with E-state index in [1.54, 1.807) is 0 Å². The first-order valence-corrected chi connectivity index (χ1v) is 5.22. The molecule has 0 atom stereocenters. The van der Waals surface area contributed by atoms with E-state index in [0.717, 1.165) is 25.0 Å². The highest BCUT2D eigenvalue weighted by molar-refractivity contribution is 5.33. The summed E-state index contributed by atoms with van der Waals surface area (Å²) >= 11 is 0. The third-order valence-electron chi connectivity index (χ3n) is 3.74. The van der Waals surface area contributed by atoms with Crippen LogP contribution in [0.2, 0.25) is 0 Å². The lowest BCUT2D eigenvalue weighted by atomic mass is 9.76. The SMILES string of the molecule is CC(C)(c1cc(F)c(F)c(F)c1)C1(N)CC1. The molecule has 2 rings (SSSR count). The van der Waals surface area contributed by atoms with E-state index in [1.165, 1.54) is 0 Å². The molecule has 0 aromatic heterocycles. The van der Waals surface area contributed by atoms with Crippen molar-refractivity contribution in [1.82, 2.24) is 0 Å². The molecule has 1 aromatic carbocycles. The molecule has 0 unspecified atom stereocenters. The Morgan fingerprint density at radius 2 is 1.56 bits per heavy atom. The molecule has 0 saturated heterocycles. The molecule has 16 heavy (non-hydrogen) atoms. The lowest BCUT2D eigenvalue weighted by Crippen LogP contribution is -2.43. The molecule has 1 aromatic rings. The first kappa shape index (κ1) is 11.5. The first-order chi connectivity index (χ1) is 7.28. The highest BCUT2D eigenvalue weighted by Gasteiger charge is 2.52. The van der Waals surface area contributed by atoms with Crippen LogP contribution < -0.4 is 5.73 Å². The highest BCUT2D eigenvalue weighted by Crippen LogP contribution is 2.49. The van der Waals surface area contributed by atoms with E-state index in [-0.39, 0.29) is 0 Å². The molecule has 0 radical (unpaired) electrons.